The highest BCUT2D eigenvalue weighted by Gasteiger charge is 2.26. The van der Waals surface area contributed by atoms with Crippen LogP contribution in [0.3, 0.4) is 0 Å². The Hall–Kier alpha value is -1.73. The average Bonchev–Trinajstić information content (AvgIpc) is 2.96. The number of rotatable bonds is 7. The van der Waals surface area contributed by atoms with Gasteiger partial charge in [-0.25, -0.2) is 4.39 Å². The van der Waals surface area contributed by atoms with Gasteiger partial charge in [-0.2, -0.15) is 0 Å². The average molecular weight is 312 g/mol. The summed E-state index contributed by atoms with van der Waals surface area (Å²) in [6.07, 6.45) is 2.51. The van der Waals surface area contributed by atoms with Gasteiger partial charge in [-0.3, -0.25) is 10.1 Å². The molecule has 22 heavy (non-hydrogen) atoms. The van der Waals surface area contributed by atoms with Crippen LogP contribution in [0.5, 0.6) is 0 Å². The summed E-state index contributed by atoms with van der Waals surface area (Å²) in [4.78, 5) is 12.0. The van der Waals surface area contributed by atoms with Gasteiger partial charge >= 0.3 is 0 Å². The van der Waals surface area contributed by atoms with Gasteiger partial charge in [-0.1, -0.05) is 0 Å². The van der Waals surface area contributed by atoms with E-state index < -0.39 is 10.7 Å². The maximum Gasteiger partial charge on any atom is 0.272 e. The molecule has 0 radical (unpaired) electrons. The smallest absolute Gasteiger partial charge is 0.272 e. The van der Waals surface area contributed by atoms with Gasteiger partial charge in [-0.05, 0) is 31.2 Å². The van der Waals surface area contributed by atoms with E-state index in [0.717, 1.165) is 38.4 Å². The molecular weight excluding hydrogens is 291 g/mol. The first-order chi connectivity index (χ1) is 10.5. The minimum atomic E-state index is -0.588. The predicted molar refractivity (Wildman–Crippen MR) is 80.4 cm³/mol. The second kappa shape index (κ2) is 7.51. The number of methoxy groups -OCH3 is 2. The normalized spacial score (nSPS) is 18.2. The second-order valence-electron chi connectivity index (χ2n) is 5.47. The number of nitro benzene ring substituents is 1. The van der Waals surface area contributed by atoms with E-state index in [1.165, 1.54) is 12.1 Å². The van der Waals surface area contributed by atoms with Crippen molar-refractivity contribution in [2.24, 2.45) is 5.92 Å². The molecule has 0 aliphatic carbocycles. The number of halogens is 1. The fraction of sp³-hybridized carbons (Fsp3) is 0.600. The van der Waals surface area contributed by atoms with Gasteiger partial charge in [0.1, 0.15) is 0 Å². The minimum Gasteiger partial charge on any atom is -0.369 e. The first kappa shape index (κ1) is 16.6. The van der Waals surface area contributed by atoms with Gasteiger partial charge in [-0.15, -0.1) is 0 Å². The Kier molecular flexibility index (Phi) is 5.68. The number of ether oxygens (including phenoxy) is 2. The van der Waals surface area contributed by atoms with E-state index in [9.17, 15) is 14.5 Å². The Labute approximate surface area is 129 Å². The molecule has 1 aliphatic rings. The monoisotopic (exact) mass is 312 g/mol. The van der Waals surface area contributed by atoms with Crippen molar-refractivity contribution in [2.75, 3.05) is 32.2 Å². The molecule has 1 atom stereocenters. The minimum absolute atomic E-state index is 0.204. The molecule has 0 aromatic heterocycles. The van der Waals surface area contributed by atoms with Crippen molar-refractivity contribution in [1.82, 2.24) is 0 Å². The largest absolute Gasteiger partial charge is 0.369 e. The molecule has 7 heteroatoms. The van der Waals surface area contributed by atoms with Crippen LogP contribution in [0.4, 0.5) is 15.8 Å². The van der Waals surface area contributed by atoms with E-state index in [1.54, 1.807) is 14.2 Å². The van der Waals surface area contributed by atoms with E-state index in [1.807, 2.05) is 4.90 Å². The van der Waals surface area contributed by atoms with Crippen LogP contribution in [0.25, 0.3) is 0 Å². The van der Waals surface area contributed by atoms with Gasteiger partial charge in [0, 0.05) is 33.4 Å². The molecule has 6 nitrogen and oxygen atoms in total. The van der Waals surface area contributed by atoms with Crippen molar-refractivity contribution in [3.05, 3.63) is 34.1 Å². The number of hydrogen-bond acceptors (Lipinski definition) is 5. The lowest BCUT2D eigenvalue weighted by molar-refractivity contribution is -0.385. The summed E-state index contributed by atoms with van der Waals surface area (Å²) in [6.45, 7) is 1.50. The van der Waals surface area contributed by atoms with Gasteiger partial charge in [0.15, 0.2) is 12.1 Å². The molecule has 2 rings (SSSR count). The molecule has 1 fully saturated rings. The van der Waals surface area contributed by atoms with Crippen LogP contribution in [0.15, 0.2) is 18.2 Å². The van der Waals surface area contributed by atoms with Crippen LogP contribution >= 0.6 is 0 Å². The van der Waals surface area contributed by atoms with Crippen LogP contribution in [0, 0.1) is 21.8 Å². The maximum atomic E-state index is 14.0. The number of nitrogens with zero attached hydrogens (tertiary/aromatic N) is 2. The topological polar surface area (TPSA) is 64.8 Å². The first-order valence-corrected chi connectivity index (χ1v) is 7.29. The number of benzene rings is 1. The molecule has 1 aliphatic heterocycles. The zero-order valence-electron chi connectivity index (χ0n) is 12.8. The third kappa shape index (κ3) is 3.92. The quantitative estimate of drug-likeness (QED) is 0.440. The highest BCUT2D eigenvalue weighted by molar-refractivity contribution is 5.53. The summed E-state index contributed by atoms with van der Waals surface area (Å²) in [6, 6.07) is 3.81. The number of non-ortho nitro benzene ring substituents is 1. The predicted octanol–water partition coefficient (Wildman–Crippen LogP) is 2.96. The van der Waals surface area contributed by atoms with Crippen LogP contribution < -0.4 is 4.90 Å². The zero-order valence-corrected chi connectivity index (χ0v) is 12.8. The summed E-state index contributed by atoms with van der Waals surface area (Å²) < 4.78 is 24.4. The van der Waals surface area contributed by atoms with Crippen molar-refractivity contribution in [3.63, 3.8) is 0 Å². The lowest BCUT2D eigenvalue weighted by Gasteiger charge is -2.20. The lowest BCUT2D eigenvalue weighted by Crippen LogP contribution is -2.21. The van der Waals surface area contributed by atoms with Crippen LogP contribution in [0.1, 0.15) is 19.3 Å². The summed E-state index contributed by atoms with van der Waals surface area (Å²) in [5.74, 6) is -0.0936. The molecule has 0 bridgehead atoms. The Bertz CT molecular complexity index is 522. The van der Waals surface area contributed by atoms with Crippen LogP contribution in [0.2, 0.25) is 0 Å². The summed E-state index contributed by atoms with van der Waals surface area (Å²) >= 11 is 0. The van der Waals surface area contributed by atoms with E-state index in [4.69, 9.17) is 9.47 Å². The fourth-order valence-electron chi connectivity index (χ4n) is 2.86. The number of anilines is 1. The van der Waals surface area contributed by atoms with Gasteiger partial charge < -0.3 is 14.4 Å². The van der Waals surface area contributed by atoms with Gasteiger partial charge in [0.25, 0.3) is 5.69 Å². The molecule has 0 spiro atoms. The molecule has 1 unspecified atom stereocenters. The molecule has 0 amide bonds. The third-order valence-corrected chi connectivity index (χ3v) is 4.11. The number of nitro groups is 1. The van der Waals surface area contributed by atoms with Crippen molar-refractivity contribution < 1.29 is 18.8 Å². The van der Waals surface area contributed by atoms with Crippen molar-refractivity contribution >= 4 is 11.4 Å². The highest BCUT2D eigenvalue weighted by atomic mass is 19.1. The van der Waals surface area contributed by atoms with E-state index >= 15 is 0 Å². The van der Waals surface area contributed by atoms with Crippen LogP contribution in [-0.2, 0) is 9.47 Å². The summed E-state index contributed by atoms with van der Waals surface area (Å²) in [5.41, 5.74) is 0.211. The lowest BCUT2D eigenvalue weighted by atomic mass is 10.0. The Morgan fingerprint density at radius 2 is 2.18 bits per heavy atom. The third-order valence-electron chi connectivity index (χ3n) is 4.11. The van der Waals surface area contributed by atoms with E-state index in [-0.39, 0.29) is 12.0 Å². The SMILES string of the molecule is COC(CCC1CCN(c2ccc([N+](=O)[O-])cc2F)C1)OC. The standard InChI is InChI=1S/C15H21FN2O4/c1-21-15(22-2)6-3-11-7-8-17(10-11)14-5-4-12(18(19)20)9-13(14)16/h4-5,9,11,15H,3,6-8,10H2,1-2H3. The Balaban J connectivity index is 1.94. The summed E-state index contributed by atoms with van der Waals surface area (Å²) in [5, 5.41) is 10.6. The molecule has 1 aromatic carbocycles. The zero-order chi connectivity index (χ0) is 16.1. The van der Waals surface area contributed by atoms with E-state index in [2.05, 4.69) is 0 Å². The molecule has 1 saturated heterocycles. The molecule has 1 aromatic rings. The number of hydrogen-bond donors (Lipinski definition) is 0. The van der Waals surface area contributed by atoms with Crippen molar-refractivity contribution in [1.29, 1.82) is 0 Å². The van der Waals surface area contributed by atoms with Gasteiger partial charge in [0.2, 0.25) is 0 Å². The first-order valence-electron chi connectivity index (χ1n) is 7.29. The molecule has 1 heterocycles. The Morgan fingerprint density at radius 1 is 1.45 bits per heavy atom. The fourth-order valence-corrected chi connectivity index (χ4v) is 2.86. The molecule has 0 N–H and O–H groups in total. The maximum absolute atomic E-state index is 14.0. The molecule has 0 saturated carbocycles. The molecular formula is C15H21FN2O4. The second-order valence-corrected chi connectivity index (χ2v) is 5.47. The highest BCUT2D eigenvalue weighted by Crippen LogP contribution is 2.30. The summed E-state index contributed by atoms with van der Waals surface area (Å²) in [7, 11) is 3.22. The Morgan fingerprint density at radius 3 is 2.77 bits per heavy atom. The van der Waals surface area contributed by atoms with E-state index in [0.29, 0.717) is 11.6 Å². The van der Waals surface area contributed by atoms with Crippen LogP contribution in [-0.4, -0.2) is 38.5 Å². The van der Waals surface area contributed by atoms with Crippen molar-refractivity contribution in [3.8, 4) is 0 Å². The molecule has 122 valence electrons. The van der Waals surface area contributed by atoms with Gasteiger partial charge in [0.05, 0.1) is 16.7 Å². The van der Waals surface area contributed by atoms with Crippen molar-refractivity contribution in [2.45, 2.75) is 25.6 Å².